The minimum Gasteiger partial charge on any atom is -0.314 e. The summed E-state index contributed by atoms with van der Waals surface area (Å²) in [7, 11) is -2.86. The summed E-state index contributed by atoms with van der Waals surface area (Å²) in [5.74, 6) is 1.68. The van der Waals surface area contributed by atoms with E-state index in [0.29, 0.717) is 12.0 Å². The normalized spacial score (nSPS) is 27.1. The molecule has 1 fully saturated rings. The third-order valence-electron chi connectivity index (χ3n) is 3.94. The highest BCUT2D eigenvalue weighted by Gasteiger charge is 2.32. The van der Waals surface area contributed by atoms with Crippen LogP contribution in [0, 0.1) is 5.92 Å². The van der Waals surface area contributed by atoms with E-state index in [2.05, 4.69) is 18.5 Å². The third-order valence-corrected chi connectivity index (χ3v) is 6.22. The summed E-state index contributed by atoms with van der Waals surface area (Å²) in [6.07, 6.45) is 8.62. The molecule has 0 spiro atoms. The zero-order valence-electron chi connectivity index (χ0n) is 11.8. The number of sulfone groups is 1. The summed E-state index contributed by atoms with van der Waals surface area (Å²) in [5.41, 5.74) is 0. The fourth-order valence-corrected chi connectivity index (χ4v) is 4.63. The average molecular weight is 293 g/mol. The molecule has 3 unspecified atom stereocenters. The van der Waals surface area contributed by atoms with Crippen LogP contribution in [0.25, 0.3) is 0 Å². The van der Waals surface area contributed by atoms with Crippen LogP contribution < -0.4 is 5.32 Å². The molecule has 0 amide bonds. The van der Waals surface area contributed by atoms with Crippen LogP contribution in [0.1, 0.15) is 39.0 Å². The quantitative estimate of drug-likeness (QED) is 0.782. The van der Waals surface area contributed by atoms with Gasteiger partial charge in [-0.1, -0.05) is 13.3 Å². The predicted octanol–water partition coefficient (Wildman–Crippen LogP) is 2.32. The molecule has 1 aliphatic rings. The van der Waals surface area contributed by atoms with Gasteiger partial charge in [-0.25, -0.2) is 8.42 Å². The summed E-state index contributed by atoms with van der Waals surface area (Å²) < 4.78 is 23.4. The van der Waals surface area contributed by atoms with E-state index in [4.69, 9.17) is 0 Å². The van der Waals surface area contributed by atoms with Gasteiger partial charge >= 0.3 is 0 Å². The number of thioether (sulfide) groups is 1. The van der Waals surface area contributed by atoms with Crippen molar-refractivity contribution >= 4 is 21.6 Å². The third kappa shape index (κ3) is 5.10. The van der Waals surface area contributed by atoms with E-state index in [0.717, 1.165) is 38.0 Å². The van der Waals surface area contributed by atoms with Crippen molar-refractivity contribution in [2.75, 3.05) is 24.8 Å². The number of rotatable bonds is 7. The highest BCUT2D eigenvalue weighted by atomic mass is 32.2. The van der Waals surface area contributed by atoms with Gasteiger partial charge in [-0.05, 0) is 50.2 Å². The van der Waals surface area contributed by atoms with Crippen LogP contribution >= 0.6 is 11.8 Å². The van der Waals surface area contributed by atoms with E-state index in [-0.39, 0.29) is 5.25 Å². The van der Waals surface area contributed by atoms with Crippen LogP contribution in [0.15, 0.2) is 0 Å². The highest BCUT2D eigenvalue weighted by molar-refractivity contribution is 7.98. The lowest BCUT2D eigenvalue weighted by molar-refractivity contribution is 0.268. The van der Waals surface area contributed by atoms with E-state index in [1.54, 1.807) is 0 Å². The minimum atomic E-state index is -2.86. The molecule has 3 atom stereocenters. The molecule has 0 aliphatic heterocycles. The molecular weight excluding hydrogens is 266 g/mol. The monoisotopic (exact) mass is 293 g/mol. The molecular formula is C13H27NO2S2. The van der Waals surface area contributed by atoms with Gasteiger partial charge in [0.1, 0.15) is 9.84 Å². The first-order valence-electron chi connectivity index (χ1n) is 6.90. The first-order valence-corrected chi connectivity index (χ1v) is 10.2. The Morgan fingerprint density at radius 1 is 1.39 bits per heavy atom. The van der Waals surface area contributed by atoms with Crippen molar-refractivity contribution in [3.63, 3.8) is 0 Å². The Morgan fingerprint density at radius 3 is 2.67 bits per heavy atom. The first-order chi connectivity index (χ1) is 8.49. The van der Waals surface area contributed by atoms with Crippen molar-refractivity contribution in [1.82, 2.24) is 5.32 Å². The molecule has 0 aromatic heterocycles. The molecule has 18 heavy (non-hydrogen) atoms. The molecule has 0 saturated heterocycles. The summed E-state index contributed by atoms with van der Waals surface area (Å²) in [5, 5.41) is 3.45. The predicted molar refractivity (Wildman–Crippen MR) is 81.1 cm³/mol. The molecule has 0 aromatic rings. The summed E-state index contributed by atoms with van der Waals surface area (Å²) in [6.45, 7) is 3.10. The van der Waals surface area contributed by atoms with Gasteiger partial charge in [0, 0.05) is 12.3 Å². The molecule has 1 N–H and O–H groups in total. The van der Waals surface area contributed by atoms with Crippen molar-refractivity contribution in [3.8, 4) is 0 Å². The Kier molecular flexibility index (Phi) is 7.03. The fraction of sp³-hybridized carbons (Fsp3) is 1.00. The second-order valence-corrected chi connectivity index (χ2v) is 8.64. The van der Waals surface area contributed by atoms with Crippen LogP contribution in [0.5, 0.6) is 0 Å². The minimum absolute atomic E-state index is 0.105. The zero-order chi connectivity index (χ0) is 13.6. The van der Waals surface area contributed by atoms with Crippen molar-refractivity contribution in [2.45, 2.75) is 50.3 Å². The Morgan fingerprint density at radius 2 is 2.11 bits per heavy atom. The highest BCUT2D eigenvalue weighted by Crippen LogP contribution is 2.31. The largest absolute Gasteiger partial charge is 0.314 e. The standard InChI is InChI=1S/C13H27NO2S2/c1-4-14-13(8-9-17-2)11-6-5-7-12(10-11)18(3,15)16/h11-14H,4-10H2,1-3H3. The molecule has 0 bridgehead atoms. The molecule has 0 aromatic carbocycles. The number of hydrogen-bond donors (Lipinski definition) is 1. The van der Waals surface area contributed by atoms with E-state index in [1.807, 2.05) is 11.8 Å². The molecule has 1 aliphatic carbocycles. The maximum Gasteiger partial charge on any atom is 0.150 e. The Bertz CT molecular complexity index is 330. The van der Waals surface area contributed by atoms with Crippen LogP contribution in [0.3, 0.4) is 0 Å². The summed E-state index contributed by atoms with van der Waals surface area (Å²) >= 11 is 1.87. The van der Waals surface area contributed by atoms with Crippen molar-refractivity contribution in [1.29, 1.82) is 0 Å². The lowest BCUT2D eigenvalue weighted by Crippen LogP contribution is -2.41. The van der Waals surface area contributed by atoms with E-state index >= 15 is 0 Å². The molecule has 5 heteroatoms. The zero-order valence-corrected chi connectivity index (χ0v) is 13.4. The maximum atomic E-state index is 11.7. The van der Waals surface area contributed by atoms with Crippen molar-refractivity contribution < 1.29 is 8.42 Å². The molecule has 0 heterocycles. The van der Waals surface area contributed by atoms with E-state index < -0.39 is 9.84 Å². The van der Waals surface area contributed by atoms with Crippen molar-refractivity contribution in [2.24, 2.45) is 5.92 Å². The van der Waals surface area contributed by atoms with Gasteiger partial charge in [0.05, 0.1) is 5.25 Å². The van der Waals surface area contributed by atoms with Gasteiger partial charge in [0.2, 0.25) is 0 Å². The van der Waals surface area contributed by atoms with Gasteiger partial charge in [-0.15, -0.1) is 0 Å². The molecule has 0 radical (unpaired) electrons. The Hall–Kier alpha value is 0.260. The molecule has 1 rings (SSSR count). The van der Waals surface area contributed by atoms with E-state index in [1.165, 1.54) is 12.7 Å². The van der Waals surface area contributed by atoms with Crippen LogP contribution in [0.2, 0.25) is 0 Å². The van der Waals surface area contributed by atoms with Gasteiger partial charge < -0.3 is 5.32 Å². The number of hydrogen-bond acceptors (Lipinski definition) is 4. The SMILES string of the molecule is CCNC(CCSC)C1CCCC(S(C)(=O)=O)C1. The summed E-state index contributed by atoms with van der Waals surface area (Å²) in [6, 6.07) is 0.493. The summed E-state index contributed by atoms with van der Waals surface area (Å²) in [4.78, 5) is 0. The first kappa shape index (κ1) is 16.3. The smallest absolute Gasteiger partial charge is 0.150 e. The van der Waals surface area contributed by atoms with E-state index in [9.17, 15) is 8.42 Å². The topological polar surface area (TPSA) is 46.2 Å². The number of nitrogens with one attached hydrogen (secondary N) is 1. The van der Waals surface area contributed by atoms with Crippen molar-refractivity contribution in [3.05, 3.63) is 0 Å². The molecule has 3 nitrogen and oxygen atoms in total. The fourth-order valence-electron chi connectivity index (χ4n) is 2.95. The van der Waals surface area contributed by atoms with Gasteiger partial charge in [0.25, 0.3) is 0 Å². The lowest BCUT2D eigenvalue weighted by Gasteiger charge is -2.34. The van der Waals surface area contributed by atoms with Gasteiger partial charge in [0.15, 0.2) is 0 Å². The second kappa shape index (κ2) is 7.75. The maximum absolute atomic E-state index is 11.7. The van der Waals surface area contributed by atoms with Gasteiger partial charge in [-0.2, -0.15) is 11.8 Å². The average Bonchev–Trinajstić information content (AvgIpc) is 2.33. The second-order valence-electron chi connectivity index (χ2n) is 5.32. The Balaban J connectivity index is 2.61. The van der Waals surface area contributed by atoms with Gasteiger partial charge in [-0.3, -0.25) is 0 Å². The lowest BCUT2D eigenvalue weighted by atomic mass is 9.82. The molecule has 108 valence electrons. The van der Waals surface area contributed by atoms with Crippen LogP contribution in [-0.4, -0.2) is 44.5 Å². The van der Waals surface area contributed by atoms with Crippen LogP contribution in [0.4, 0.5) is 0 Å². The van der Waals surface area contributed by atoms with Crippen LogP contribution in [-0.2, 0) is 9.84 Å². The Labute approximate surface area is 116 Å². The molecule has 1 saturated carbocycles.